The van der Waals surface area contributed by atoms with Crippen molar-refractivity contribution < 1.29 is 0 Å². The third kappa shape index (κ3) is 3.24. The molecule has 0 bridgehead atoms. The van der Waals surface area contributed by atoms with Gasteiger partial charge in [0.25, 0.3) is 0 Å². The third-order valence-corrected chi connectivity index (χ3v) is 3.79. The first-order valence-electron chi connectivity index (χ1n) is 7.87. The maximum atomic E-state index is 9.08. The van der Waals surface area contributed by atoms with Crippen LogP contribution < -0.4 is 0 Å². The molecule has 2 heterocycles. The first kappa shape index (κ1) is 15.2. The van der Waals surface area contributed by atoms with Crippen LogP contribution in [-0.4, -0.2) is 14.5 Å². The van der Waals surface area contributed by atoms with Gasteiger partial charge in [0.2, 0.25) is 0 Å². The standard InChI is InChI=1S/C19H20N4/c1-13(2)7-18-22-17-8-14(3)11-21-19(17)23(18)12-16-6-4-5-15(9-16)10-20/h4-6,8-9,11,13H,7,12H2,1-3H3. The van der Waals surface area contributed by atoms with E-state index in [-0.39, 0.29) is 0 Å². The molecule has 0 fully saturated rings. The molecule has 23 heavy (non-hydrogen) atoms. The molecule has 4 heteroatoms. The number of hydrogen-bond acceptors (Lipinski definition) is 3. The van der Waals surface area contributed by atoms with Crippen molar-refractivity contribution in [2.75, 3.05) is 0 Å². The number of benzene rings is 1. The number of nitriles is 1. The van der Waals surface area contributed by atoms with Gasteiger partial charge in [-0.3, -0.25) is 0 Å². The van der Waals surface area contributed by atoms with Crippen LogP contribution in [0.5, 0.6) is 0 Å². The predicted octanol–water partition coefficient (Wildman–Crippen LogP) is 3.86. The molecule has 0 unspecified atom stereocenters. The van der Waals surface area contributed by atoms with Gasteiger partial charge in [-0.25, -0.2) is 9.97 Å². The number of aromatic nitrogens is 3. The first-order chi connectivity index (χ1) is 11.1. The summed E-state index contributed by atoms with van der Waals surface area (Å²) in [7, 11) is 0. The largest absolute Gasteiger partial charge is 0.308 e. The van der Waals surface area contributed by atoms with Gasteiger partial charge in [0, 0.05) is 12.6 Å². The van der Waals surface area contributed by atoms with E-state index in [0.717, 1.165) is 34.5 Å². The molecule has 0 aliphatic heterocycles. The van der Waals surface area contributed by atoms with E-state index < -0.39 is 0 Å². The van der Waals surface area contributed by atoms with Gasteiger partial charge in [-0.2, -0.15) is 5.26 Å². The van der Waals surface area contributed by atoms with Gasteiger partial charge < -0.3 is 4.57 Å². The van der Waals surface area contributed by atoms with Crippen LogP contribution in [0.1, 0.15) is 36.4 Å². The summed E-state index contributed by atoms with van der Waals surface area (Å²) in [4.78, 5) is 9.37. The van der Waals surface area contributed by atoms with E-state index >= 15 is 0 Å². The Morgan fingerprint density at radius 1 is 1.26 bits per heavy atom. The van der Waals surface area contributed by atoms with E-state index in [1.807, 2.05) is 37.4 Å². The fourth-order valence-corrected chi connectivity index (χ4v) is 2.77. The molecule has 0 saturated heterocycles. The molecule has 3 rings (SSSR count). The zero-order valence-electron chi connectivity index (χ0n) is 13.7. The number of hydrogen-bond donors (Lipinski definition) is 0. The Bertz CT molecular complexity index is 884. The number of imidazole rings is 1. The van der Waals surface area contributed by atoms with Crippen LogP contribution in [0.25, 0.3) is 11.2 Å². The molecule has 0 atom stereocenters. The number of fused-ring (bicyclic) bond motifs is 1. The smallest absolute Gasteiger partial charge is 0.160 e. The molecule has 2 aromatic heterocycles. The quantitative estimate of drug-likeness (QED) is 0.735. The Hall–Kier alpha value is -2.67. The summed E-state index contributed by atoms with van der Waals surface area (Å²) in [5.74, 6) is 1.58. The lowest BCUT2D eigenvalue weighted by Gasteiger charge is -2.10. The Balaban J connectivity index is 2.08. The third-order valence-electron chi connectivity index (χ3n) is 3.79. The molecule has 3 aromatic rings. The fourth-order valence-electron chi connectivity index (χ4n) is 2.77. The highest BCUT2D eigenvalue weighted by Crippen LogP contribution is 2.20. The van der Waals surface area contributed by atoms with Crippen LogP contribution in [0.2, 0.25) is 0 Å². The van der Waals surface area contributed by atoms with E-state index in [9.17, 15) is 0 Å². The van der Waals surface area contributed by atoms with Gasteiger partial charge in [-0.1, -0.05) is 26.0 Å². The minimum atomic E-state index is 0.525. The lowest BCUT2D eigenvalue weighted by atomic mass is 10.1. The highest BCUT2D eigenvalue weighted by molar-refractivity contribution is 5.72. The summed E-state index contributed by atoms with van der Waals surface area (Å²) < 4.78 is 2.17. The van der Waals surface area contributed by atoms with Crippen LogP contribution in [0.3, 0.4) is 0 Å². The topological polar surface area (TPSA) is 54.5 Å². The lowest BCUT2D eigenvalue weighted by Crippen LogP contribution is -2.08. The van der Waals surface area contributed by atoms with Crippen molar-refractivity contribution in [3.05, 3.63) is 59.0 Å². The minimum Gasteiger partial charge on any atom is -0.308 e. The normalized spacial score (nSPS) is 11.1. The van der Waals surface area contributed by atoms with Gasteiger partial charge in [-0.15, -0.1) is 0 Å². The van der Waals surface area contributed by atoms with Crippen LogP contribution in [-0.2, 0) is 13.0 Å². The minimum absolute atomic E-state index is 0.525. The van der Waals surface area contributed by atoms with E-state index in [4.69, 9.17) is 10.2 Å². The van der Waals surface area contributed by atoms with E-state index in [0.29, 0.717) is 18.0 Å². The van der Waals surface area contributed by atoms with Crippen molar-refractivity contribution >= 4 is 11.2 Å². The highest BCUT2D eigenvalue weighted by Gasteiger charge is 2.14. The zero-order chi connectivity index (χ0) is 16.4. The molecule has 0 amide bonds. The van der Waals surface area contributed by atoms with Crippen molar-refractivity contribution in [2.45, 2.75) is 33.7 Å². The maximum Gasteiger partial charge on any atom is 0.160 e. The van der Waals surface area contributed by atoms with Crippen LogP contribution in [0, 0.1) is 24.2 Å². The summed E-state index contributed by atoms with van der Waals surface area (Å²) in [5, 5.41) is 9.08. The molecule has 1 aromatic carbocycles. The van der Waals surface area contributed by atoms with Gasteiger partial charge >= 0.3 is 0 Å². The number of rotatable bonds is 4. The summed E-state index contributed by atoms with van der Waals surface area (Å²) in [6, 6.07) is 12.0. The molecule has 4 nitrogen and oxygen atoms in total. The monoisotopic (exact) mass is 304 g/mol. The molecule has 0 N–H and O–H groups in total. The van der Waals surface area contributed by atoms with Crippen molar-refractivity contribution in [2.24, 2.45) is 5.92 Å². The first-order valence-corrected chi connectivity index (χ1v) is 7.87. The Morgan fingerprint density at radius 3 is 2.83 bits per heavy atom. The molecule has 0 saturated carbocycles. The second-order valence-electron chi connectivity index (χ2n) is 6.38. The summed E-state index contributed by atoms with van der Waals surface area (Å²) >= 11 is 0. The van der Waals surface area contributed by atoms with Crippen LogP contribution >= 0.6 is 0 Å². The van der Waals surface area contributed by atoms with Gasteiger partial charge in [0.1, 0.15) is 11.3 Å². The molecule has 116 valence electrons. The molecule has 0 aliphatic rings. The Morgan fingerprint density at radius 2 is 2.09 bits per heavy atom. The Labute approximate surface area is 136 Å². The number of pyridine rings is 1. The molecule has 0 radical (unpaired) electrons. The number of nitrogens with zero attached hydrogens (tertiary/aromatic N) is 4. The van der Waals surface area contributed by atoms with Gasteiger partial charge in [0.05, 0.1) is 18.2 Å². The molecular weight excluding hydrogens is 284 g/mol. The zero-order valence-corrected chi connectivity index (χ0v) is 13.7. The van der Waals surface area contributed by atoms with Crippen molar-refractivity contribution in [3.63, 3.8) is 0 Å². The second-order valence-corrected chi connectivity index (χ2v) is 6.38. The Kier molecular flexibility index (Phi) is 4.12. The average Bonchev–Trinajstić information content (AvgIpc) is 2.83. The SMILES string of the molecule is Cc1cnc2c(c1)nc(CC(C)C)n2Cc1cccc(C#N)c1. The summed E-state index contributed by atoms with van der Waals surface area (Å²) in [5.41, 5.74) is 4.74. The molecule has 0 aliphatic carbocycles. The van der Waals surface area contributed by atoms with Crippen molar-refractivity contribution in [3.8, 4) is 6.07 Å². The van der Waals surface area contributed by atoms with E-state index in [1.165, 1.54) is 0 Å². The number of aryl methyl sites for hydroxylation is 1. The average molecular weight is 304 g/mol. The van der Waals surface area contributed by atoms with Crippen LogP contribution in [0.4, 0.5) is 0 Å². The second kappa shape index (κ2) is 6.21. The van der Waals surface area contributed by atoms with Crippen LogP contribution in [0.15, 0.2) is 36.5 Å². The van der Waals surface area contributed by atoms with Gasteiger partial charge in [-0.05, 0) is 42.2 Å². The predicted molar refractivity (Wildman–Crippen MR) is 91.1 cm³/mol. The molecule has 0 spiro atoms. The fraction of sp³-hybridized carbons (Fsp3) is 0.316. The van der Waals surface area contributed by atoms with Crippen molar-refractivity contribution in [1.82, 2.24) is 14.5 Å². The van der Waals surface area contributed by atoms with E-state index in [1.54, 1.807) is 0 Å². The maximum absolute atomic E-state index is 9.08. The van der Waals surface area contributed by atoms with Crippen molar-refractivity contribution in [1.29, 1.82) is 5.26 Å². The van der Waals surface area contributed by atoms with Gasteiger partial charge in [0.15, 0.2) is 5.65 Å². The summed E-state index contributed by atoms with van der Waals surface area (Å²) in [6.45, 7) is 7.10. The molecular formula is C19H20N4. The highest BCUT2D eigenvalue weighted by atomic mass is 15.1. The summed E-state index contributed by atoms with van der Waals surface area (Å²) in [6.07, 6.45) is 2.79. The lowest BCUT2D eigenvalue weighted by molar-refractivity contribution is 0.594. The van der Waals surface area contributed by atoms with E-state index in [2.05, 4.69) is 35.5 Å².